The first kappa shape index (κ1) is 6.60. The van der Waals surface area contributed by atoms with Gasteiger partial charge in [0.2, 0.25) is 0 Å². The summed E-state index contributed by atoms with van der Waals surface area (Å²) in [7, 11) is 0. The Labute approximate surface area is 57.3 Å². The Hall–Kier alpha value is -0.520. The highest BCUT2D eigenvalue weighted by atomic mass is 14.0. The van der Waals surface area contributed by atoms with Crippen LogP contribution in [0.2, 0.25) is 0 Å². The molecule has 50 valence electrons. The van der Waals surface area contributed by atoms with Crippen LogP contribution in [0, 0.1) is 5.92 Å². The monoisotopic (exact) mass is 122 g/mol. The Bertz CT molecular complexity index is 138. The Morgan fingerprint density at radius 1 is 1.56 bits per heavy atom. The van der Waals surface area contributed by atoms with E-state index in [1.165, 1.54) is 18.4 Å². The van der Waals surface area contributed by atoms with Gasteiger partial charge in [0, 0.05) is 0 Å². The lowest BCUT2D eigenvalue weighted by Gasteiger charge is -1.96. The largest absolute Gasteiger partial charge is 0.0839 e. The van der Waals surface area contributed by atoms with E-state index in [4.69, 9.17) is 0 Å². The van der Waals surface area contributed by atoms with Crippen LogP contribution in [0.5, 0.6) is 0 Å². The predicted molar refractivity (Wildman–Crippen MR) is 41.3 cm³/mol. The van der Waals surface area contributed by atoms with Gasteiger partial charge in [-0.1, -0.05) is 37.6 Å². The SMILES string of the molecule is CC(C)/C=C1\C=CCC1. The fraction of sp³-hybridized carbons (Fsp3) is 0.556. The van der Waals surface area contributed by atoms with Gasteiger partial charge in [0.25, 0.3) is 0 Å². The Morgan fingerprint density at radius 3 is 2.78 bits per heavy atom. The van der Waals surface area contributed by atoms with Gasteiger partial charge in [-0.2, -0.15) is 0 Å². The molecular formula is C9H14. The van der Waals surface area contributed by atoms with E-state index >= 15 is 0 Å². The van der Waals surface area contributed by atoms with Crippen molar-refractivity contribution in [2.45, 2.75) is 26.7 Å². The lowest BCUT2D eigenvalue weighted by atomic mass is 10.1. The molecule has 0 heteroatoms. The van der Waals surface area contributed by atoms with Crippen molar-refractivity contribution in [3.8, 4) is 0 Å². The summed E-state index contributed by atoms with van der Waals surface area (Å²) in [5.41, 5.74) is 1.52. The summed E-state index contributed by atoms with van der Waals surface area (Å²) in [6, 6.07) is 0. The van der Waals surface area contributed by atoms with Crippen LogP contribution in [0.4, 0.5) is 0 Å². The van der Waals surface area contributed by atoms with Crippen LogP contribution in [0.25, 0.3) is 0 Å². The van der Waals surface area contributed by atoms with Crippen LogP contribution >= 0.6 is 0 Å². The molecule has 0 aromatic heterocycles. The second-order valence-corrected chi connectivity index (χ2v) is 2.93. The molecule has 0 aromatic carbocycles. The van der Waals surface area contributed by atoms with Crippen LogP contribution < -0.4 is 0 Å². The number of rotatable bonds is 1. The van der Waals surface area contributed by atoms with Crippen molar-refractivity contribution in [1.29, 1.82) is 0 Å². The van der Waals surface area contributed by atoms with Crippen LogP contribution in [0.3, 0.4) is 0 Å². The molecule has 0 fully saturated rings. The minimum Gasteiger partial charge on any atom is -0.0839 e. The van der Waals surface area contributed by atoms with Gasteiger partial charge in [0.1, 0.15) is 0 Å². The summed E-state index contributed by atoms with van der Waals surface area (Å²) in [6.45, 7) is 4.44. The van der Waals surface area contributed by atoms with Crippen molar-refractivity contribution < 1.29 is 0 Å². The summed E-state index contributed by atoms with van der Waals surface area (Å²) < 4.78 is 0. The Kier molecular flexibility index (Phi) is 2.10. The molecule has 0 bridgehead atoms. The molecule has 0 N–H and O–H groups in total. The zero-order chi connectivity index (χ0) is 6.69. The first-order chi connectivity index (χ1) is 4.29. The summed E-state index contributed by atoms with van der Waals surface area (Å²) in [5.74, 6) is 0.711. The summed E-state index contributed by atoms with van der Waals surface area (Å²) in [6.07, 6.45) is 9.33. The molecule has 0 aromatic rings. The van der Waals surface area contributed by atoms with E-state index in [2.05, 4.69) is 32.1 Å². The molecule has 0 amide bonds. The Morgan fingerprint density at radius 2 is 2.33 bits per heavy atom. The van der Waals surface area contributed by atoms with Crippen molar-refractivity contribution in [2.24, 2.45) is 5.92 Å². The summed E-state index contributed by atoms with van der Waals surface area (Å²) >= 11 is 0. The normalized spacial score (nSPS) is 22.3. The molecule has 1 aliphatic rings. The zero-order valence-electron chi connectivity index (χ0n) is 6.22. The summed E-state index contributed by atoms with van der Waals surface area (Å²) in [4.78, 5) is 0. The third-order valence-electron chi connectivity index (χ3n) is 1.48. The van der Waals surface area contributed by atoms with Crippen LogP contribution in [-0.2, 0) is 0 Å². The van der Waals surface area contributed by atoms with Gasteiger partial charge in [0.15, 0.2) is 0 Å². The van der Waals surface area contributed by atoms with Crippen LogP contribution in [-0.4, -0.2) is 0 Å². The fourth-order valence-electron chi connectivity index (χ4n) is 1.14. The topological polar surface area (TPSA) is 0 Å². The maximum absolute atomic E-state index is 2.34. The highest BCUT2D eigenvalue weighted by molar-refractivity contribution is 5.24. The van der Waals surface area contributed by atoms with Gasteiger partial charge in [-0.25, -0.2) is 0 Å². The lowest BCUT2D eigenvalue weighted by molar-refractivity contribution is 0.818. The van der Waals surface area contributed by atoms with Gasteiger partial charge >= 0.3 is 0 Å². The molecule has 1 aliphatic carbocycles. The average Bonchev–Trinajstić information content (AvgIpc) is 2.15. The fourth-order valence-corrected chi connectivity index (χ4v) is 1.14. The molecule has 0 heterocycles. The number of hydrogen-bond donors (Lipinski definition) is 0. The molecular weight excluding hydrogens is 108 g/mol. The molecule has 0 saturated carbocycles. The highest BCUT2D eigenvalue weighted by Gasteiger charge is 1.98. The van der Waals surface area contributed by atoms with Crippen molar-refractivity contribution in [1.82, 2.24) is 0 Å². The van der Waals surface area contributed by atoms with E-state index in [0.717, 1.165) is 0 Å². The smallest absolute Gasteiger partial charge is 0.0247 e. The second kappa shape index (κ2) is 2.86. The van der Waals surface area contributed by atoms with Gasteiger partial charge < -0.3 is 0 Å². The number of allylic oxidation sites excluding steroid dienone is 4. The molecule has 0 nitrogen and oxygen atoms in total. The lowest BCUT2D eigenvalue weighted by Crippen LogP contribution is -1.80. The minimum atomic E-state index is 0.711. The summed E-state index contributed by atoms with van der Waals surface area (Å²) in [5, 5.41) is 0. The van der Waals surface area contributed by atoms with Crippen molar-refractivity contribution in [3.63, 3.8) is 0 Å². The molecule has 0 saturated heterocycles. The van der Waals surface area contributed by atoms with Crippen molar-refractivity contribution >= 4 is 0 Å². The van der Waals surface area contributed by atoms with Crippen molar-refractivity contribution in [3.05, 3.63) is 23.8 Å². The van der Waals surface area contributed by atoms with E-state index in [0.29, 0.717) is 5.92 Å². The van der Waals surface area contributed by atoms with E-state index < -0.39 is 0 Å². The third kappa shape index (κ3) is 2.05. The van der Waals surface area contributed by atoms with E-state index in [1.54, 1.807) is 0 Å². The molecule has 0 unspecified atom stereocenters. The molecule has 0 radical (unpaired) electrons. The molecule has 0 atom stereocenters. The van der Waals surface area contributed by atoms with Gasteiger partial charge in [0.05, 0.1) is 0 Å². The molecule has 1 rings (SSSR count). The van der Waals surface area contributed by atoms with E-state index in [9.17, 15) is 0 Å². The first-order valence-electron chi connectivity index (χ1n) is 3.66. The second-order valence-electron chi connectivity index (χ2n) is 2.93. The van der Waals surface area contributed by atoms with E-state index in [1.807, 2.05) is 0 Å². The van der Waals surface area contributed by atoms with Gasteiger partial charge in [-0.3, -0.25) is 0 Å². The minimum absolute atomic E-state index is 0.711. The first-order valence-corrected chi connectivity index (χ1v) is 3.66. The third-order valence-corrected chi connectivity index (χ3v) is 1.48. The quantitative estimate of drug-likeness (QED) is 0.501. The maximum atomic E-state index is 2.34. The van der Waals surface area contributed by atoms with Crippen LogP contribution in [0.15, 0.2) is 23.8 Å². The van der Waals surface area contributed by atoms with Gasteiger partial charge in [-0.05, 0) is 18.8 Å². The maximum Gasteiger partial charge on any atom is -0.0247 e. The van der Waals surface area contributed by atoms with Gasteiger partial charge in [-0.15, -0.1) is 0 Å². The van der Waals surface area contributed by atoms with E-state index in [-0.39, 0.29) is 0 Å². The average molecular weight is 122 g/mol. The number of hydrogen-bond acceptors (Lipinski definition) is 0. The molecule has 9 heavy (non-hydrogen) atoms. The zero-order valence-corrected chi connectivity index (χ0v) is 6.22. The molecule has 0 spiro atoms. The predicted octanol–water partition coefficient (Wildman–Crippen LogP) is 2.92. The van der Waals surface area contributed by atoms with Crippen molar-refractivity contribution in [2.75, 3.05) is 0 Å². The van der Waals surface area contributed by atoms with Crippen LogP contribution in [0.1, 0.15) is 26.7 Å². The highest BCUT2D eigenvalue weighted by Crippen LogP contribution is 2.17. The Balaban J connectivity index is 2.50. The standard InChI is InChI=1S/C9H14/c1-8(2)7-9-5-3-4-6-9/h3,5,7-8H,4,6H2,1-2H3/b9-7+. The molecule has 0 aliphatic heterocycles.